The Bertz CT molecular complexity index is 821. The molecule has 6 heteroatoms. The van der Waals surface area contributed by atoms with Crippen LogP contribution in [0.4, 0.5) is 0 Å². The number of hydrogen-bond acceptors (Lipinski definition) is 4. The fourth-order valence-corrected chi connectivity index (χ4v) is 3.28. The van der Waals surface area contributed by atoms with Gasteiger partial charge in [0.2, 0.25) is 0 Å². The summed E-state index contributed by atoms with van der Waals surface area (Å²) in [6, 6.07) is 7.90. The predicted octanol–water partition coefficient (Wildman–Crippen LogP) is 2.84. The van der Waals surface area contributed by atoms with E-state index in [-0.39, 0.29) is 5.91 Å². The monoisotopic (exact) mass is 301 g/mol. The molecule has 0 unspecified atom stereocenters. The molecule has 0 radical (unpaired) electrons. The van der Waals surface area contributed by atoms with Gasteiger partial charge >= 0.3 is 0 Å². The van der Waals surface area contributed by atoms with Crippen LogP contribution in [0.5, 0.6) is 0 Å². The lowest BCUT2D eigenvalue weighted by Crippen LogP contribution is -2.11. The van der Waals surface area contributed by atoms with Crippen molar-refractivity contribution in [1.29, 1.82) is 0 Å². The van der Waals surface area contributed by atoms with Gasteiger partial charge in [-0.05, 0) is 18.2 Å². The lowest BCUT2D eigenvalue weighted by molar-refractivity contribution is -0.113. The zero-order chi connectivity index (χ0) is 13.9. The molecule has 0 fully saturated rings. The SMILES string of the molecule is Cn1ccsc1=NC(=O)/C=C/c1nc2ccccc2s1. The maximum atomic E-state index is 11.8. The van der Waals surface area contributed by atoms with Gasteiger partial charge < -0.3 is 4.57 Å². The highest BCUT2D eigenvalue weighted by Gasteiger charge is 2.00. The van der Waals surface area contributed by atoms with Crippen LogP contribution in [0.2, 0.25) is 0 Å². The molecule has 4 nitrogen and oxygen atoms in total. The van der Waals surface area contributed by atoms with E-state index in [1.165, 1.54) is 17.4 Å². The summed E-state index contributed by atoms with van der Waals surface area (Å²) in [5, 5.41) is 2.70. The molecule has 0 N–H and O–H groups in total. The molecule has 2 heterocycles. The molecule has 0 bridgehead atoms. The zero-order valence-corrected chi connectivity index (χ0v) is 12.3. The Balaban J connectivity index is 1.83. The second-order valence-corrected chi connectivity index (χ2v) is 6.03. The number of nitrogens with zero attached hydrogens (tertiary/aromatic N) is 3. The van der Waals surface area contributed by atoms with Crippen LogP contribution in [0.15, 0.2) is 46.9 Å². The average molecular weight is 301 g/mol. The summed E-state index contributed by atoms with van der Waals surface area (Å²) in [7, 11) is 1.86. The van der Waals surface area contributed by atoms with Crippen LogP contribution in [0.1, 0.15) is 5.01 Å². The molecule has 3 rings (SSSR count). The summed E-state index contributed by atoms with van der Waals surface area (Å²) in [6.45, 7) is 0. The Labute approximate surface area is 123 Å². The van der Waals surface area contributed by atoms with Crippen molar-refractivity contribution in [3.05, 3.63) is 51.7 Å². The molecular weight excluding hydrogens is 290 g/mol. The second kappa shape index (κ2) is 5.52. The molecule has 0 atom stereocenters. The minimum absolute atomic E-state index is 0.276. The number of hydrogen-bond donors (Lipinski definition) is 0. The fraction of sp³-hybridized carbons (Fsp3) is 0.0714. The largest absolute Gasteiger partial charge is 0.327 e. The Morgan fingerprint density at radius 2 is 2.25 bits per heavy atom. The van der Waals surface area contributed by atoms with E-state index in [9.17, 15) is 4.79 Å². The maximum absolute atomic E-state index is 11.8. The Kier molecular flexibility index (Phi) is 3.58. The van der Waals surface area contributed by atoms with Crippen LogP contribution in [-0.4, -0.2) is 15.5 Å². The number of benzene rings is 1. The molecule has 100 valence electrons. The molecule has 1 amide bonds. The number of thiazole rings is 2. The lowest BCUT2D eigenvalue weighted by atomic mass is 10.3. The third-order valence-electron chi connectivity index (χ3n) is 2.64. The summed E-state index contributed by atoms with van der Waals surface area (Å²) >= 11 is 2.99. The van der Waals surface area contributed by atoms with Gasteiger partial charge in [-0.25, -0.2) is 4.98 Å². The highest BCUT2D eigenvalue weighted by atomic mass is 32.1. The van der Waals surface area contributed by atoms with E-state index in [1.54, 1.807) is 17.4 Å². The van der Waals surface area contributed by atoms with Crippen molar-refractivity contribution >= 4 is 44.9 Å². The standard InChI is InChI=1S/C14H11N3OS2/c1-17-8-9-19-14(17)16-12(18)6-7-13-15-10-4-2-3-5-11(10)20-13/h2-9H,1H3/b7-6+,16-14?. The van der Waals surface area contributed by atoms with Gasteiger partial charge in [0.1, 0.15) is 5.01 Å². The molecular formula is C14H11N3OS2. The molecule has 0 aliphatic carbocycles. The molecule has 0 spiro atoms. The molecule has 0 saturated carbocycles. The van der Waals surface area contributed by atoms with Crippen LogP contribution in [-0.2, 0) is 11.8 Å². The van der Waals surface area contributed by atoms with Gasteiger partial charge in [-0.1, -0.05) is 12.1 Å². The van der Waals surface area contributed by atoms with Crippen molar-refractivity contribution < 1.29 is 4.79 Å². The number of carbonyl (C=O) groups excluding carboxylic acids is 1. The third kappa shape index (κ3) is 2.76. The summed E-state index contributed by atoms with van der Waals surface area (Å²) in [6.07, 6.45) is 5.04. The number of para-hydroxylation sites is 1. The second-order valence-electron chi connectivity index (χ2n) is 4.10. The number of rotatable bonds is 2. The van der Waals surface area contributed by atoms with Gasteiger partial charge in [0.05, 0.1) is 10.2 Å². The van der Waals surface area contributed by atoms with Crippen molar-refractivity contribution in [2.24, 2.45) is 12.0 Å². The topological polar surface area (TPSA) is 47.2 Å². The highest BCUT2D eigenvalue weighted by molar-refractivity contribution is 7.19. The summed E-state index contributed by atoms with van der Waals surface area (Å²) in [5.74, 6) is -0.276. The first-order valence-corrected chi connectivity index (χ1v) is 7.64. The van der Waals surface area contributed by atoms with Gasteiger partial charge in [-0.15, -0.1) is 22.7 Å². The van der Waals surface area contributed by atoms with Crippen LogP contribution in [0.25, 0.3) is 16.3 Å². The first kappa shape index (κ1) is 13.0. The summed E-state index contributed by atoms with van der Waals surface area (Å²) < 4.78 is 2.93. The normalized spacial score (nSPS) is 12.6. The number of aryl methyl sites for hydroxylation is 1. The van der Waals surface area contributed by atoms with E-state index in [4.69, 9.17) is 0 Å². The van der Waals surface area contributed by atoms with Crippen molar-refractivity contribution in [2.75, 3.05) is 0 Å². The Hall–Kier alpha value is -2.05. The average Bonchev–Trinajstić information content (AvgIpc) is 3.03. The van der Waals surface area contributed by atoms with Gasteiger partial charge in [-0.2, -0.15) is 4.99 Å². The van der Waals surface area contributed by atoms with E-state index in [2.05, 4.69) is 9.98 Å². The van der Waals surface area contributed by atoms with Gasteiger partial charge in [-0.3, -0.25) is 4.79 Å². The third-order valence-corrected chi connectivity index (χ3v) is 4.49. The number of carbonyl (C=O) groups is 1. The van der Waals surface area contributed by atoms with Gasteiger partial charge in [0.15, 0.2) is 4.80 Å². The summed E-state index contributed by atoms with van der Waals surface area (Å²) in [5.41, 5.74) is 0.950. The minimum atomic E-state index is -0.276. The number of fused-ring (bicyclic) bond motifs is 1. The van der Waals surface area contributed by atoms with Gasteiger partial charge in [0, 0.05) is 24.7 Å². The van der Waals surface area contributed by atoms with E-state index in [1.807, 2.05) is 47.5 Å². The minimum Gasteiger partial charge on any atom is -0.327 e. The quantitative estimate of drug-likeness (QED) is 0.683. The first-order chi connectivity index (χ1) is 9.72. The Morgan fingerprint density at radius 1 is 1.40 bits per heavy atom. The molecule has 0 saturated heterocycles. The molecule has 3 aromatic rings. The maximum Gasteiger partial charge on any atom is 0.272 e. The van der Waals surface area contributed by atoms with Gasteiger partial charge in [0.25, 0.3) is 5.91 Å². The van der Waals surface area contributed by atoms with Crippen molar-refractivity contribution in [2.45, 2.75) is 0 Å². The van der Waals surface area contributed by atoms with E-state index in [0.29, 0.717) is 4.80 Å². The lowest BCUT2D eigenvalue weighted by Gasteiger charge is -1.87. The molecule has 20 heavy (non-hydrogen) atoms. The van der Waals surface area contributed by atoms with Crippen molar-refractivity contribution in [3.63, 3.8) is 0 Å². The number of amides is 1. The van der Waals surface area contributed by atoms with Crippen LogP contribution in [0, 0.1) is 0 Å². The predicted molar refractivity (Wildman–Crippen MR) is 82.5 cm³/mol. The van der Waals surface area contributed by atoms with E-state index < -0.39 is 0 Å². The Morgan fingerprint density at radius 3 is 3.00 bits per heavy atom. The smallest absolute Gasteiger partial charge is 0.272 e. The van der Waals surface area contributed by atoms with Crippen LogP contribution >= 0.6 is 22.7 Å². The highest BCUT2D eigenvalue weighted by Crippen LogP contribution is 2.22. The molecule has 2 aromatic heterocycles. The summed E-state index contributed by atoms with van der Waals surface area (Å²) in [4.78, 5) is 20.9. The van der Waals surface area contributed by atoms with Crippen LogP contribution < -0.4 is 4.80 Å². The molecule has 1 aromatic carbocycles. The zero-order valence-electron chi connectivity index (χ0n) is 10.7. The van der Waals surface area contributed by atoms with Crippen molar-refractivity contribution in [1.82, 2.24) is 9.55 Å². The van der Waals surface area contributed by atoms with Crippen molar-refractivity contribution in [3.8, 4) is 0 Å². The van der Waals surface area contributed by atoms with E-state index >= 15 is 0 Å². The number of aromatic nitrogens is 2. The molecule has 0 aliphatic heterocycles. The molecule has 0 aliphatic rings. The van der Waals surface area contributed by atoms with E-state index in [0.717, 1.165) is 15.2 Å². The fourth-order valence-electron chi connectivity index (χ4n) is 1.67. The first-order valence-electron chi connectivity index (χ1n) is 5.95. The van der Waals surface area contributed by atoms with Crippen LogP contribution in [0.3, 0.4) is 0 Å².